The van der Waals surface area contributed by atoms with Crippen LogP contribution in [0.5, 0.6) is 0 Å². The Morgan fingerprint density at radius 1 is 1.20 bits per heavy atom. The van der Waals surface area contributed by atoms with Crippen molar-refractivity contribution in [2.24, 2.45) is 0 Å². The average molecular weight is 371 g/mol. The van der Waals surface area contributed by atoms with Crippen molar-refractivity contribution in [2.75, 3.05) is 17.2 Å². The second-order valence-electron chi connectivity index (χ2n) is 5.55. The highest BCUT2D eigenvalue weighted by Crippen LogP contribution is 2.36. The zero-order chi connectivity index (χ0) is 18.6. The van der Waals surface area contributed by atoms with Crippen LogP contribution < -0.4 is 10.6 Å². The maximum Gasteiger partial charge on any atom is 0.418 e. The minimum absolute atomic E-state index is 0.0454. The average Bonchev–Trinajstić information content (AvgIpc) is 2.54. The normalized spacial score (nSPS) is 11.3. The van der Waals surface area contributed by atoms with Crippen LogP contribution in [0, 0.1) is 6.92 Å². The van der Waals surface area contributed by atoms with Crippen LogP contribution in [0.3, 0.4) is 0 Å². The van der Waals surface area contributed by atoms with Crippen molar-refractivity contribution in [2.45, 2.75) is 26.4 Å². The molecule has 0 unspecified atom stereocenters. The van der Waals surface area contributed by atoms with Crippen molar-refractivity contribution in [3.8, 4) is 0 Å². The zero-order valence-corrected chi connectivity index (χ0v) is 14.6. The summed E-state index contributed by atoms with van der Waals surface area (Å²) in [4.78, 5) is 12.1. The van der Waals surface area contributed by atoms with Gasteiger partial charge in [-0.1, -0.05) is 36.7 Å². The van der Waals surface area contributed by atoms with Gasteiger partial charge in [0.2, 0.25) is 5.91 Å². The smallest absolute Gasteiger partial charge is 0.376 e. The molecule has 2 N–H and O–H groups in total. The van der Waals surface area contributed by atoms with E-state index in [0.717, 1.165) is 35.4 Å². The maximum atomic E-state index is 13.1. The first-order valence-corrected chi connectivity index (χ1v) is 8.09. The Labute approximate surface area is 149 Å². The summed E-state index contributed by atoms with van der Waals surface area (Å²) in [5.74, 6) is -0.571. The van der Waals surface area contributed by atoms with Gasteiger partial charge in [0, 0.05) is 10.7 Å². The first-order chi connectivity index (χ1) is 11.7. The Morgan fingerprint density at radius 2 is 1.92 bits per heavy atom. The number of carbonyl (C=O) groups excluding carboxylic acids is 1. The number of benzene rings is 2. The van der Waals surface area contributed by atoms with E-state index in [1.807, 2.05) is 32.0 Å². The topological polar surface area (TPSA) is 41.1 Å². The van der Waals surface area contributed by atoms with Gasteiger partial charge in [0.15, 0.2) is 0 Å². The lowest BCUT2D eigenvalue weighted by Gasteiger charge is -2.16. The monoisotopic (exact) mass is 370 g/mol. The van der Waals surface area contributed by atoms with Crippen LogP contribution in [-0.4, -0.2) is 12.5 Å². The van der Waals surface area contributed by atoms with Gasteiger partial charge < -0.3 is 10.6 Å². The molecule has 0 radical (unpaired) electrons. The van der Waals surface area contributed by atoms with Crippen LogP contribution in [0.15, 0.2) is 36.4 Å². The van der Waals surface area contributed by atoms with Crippen molar-refractivity contribution in [3.05, 3.63) is 58.1 Å². The summed E-state index contributed by atoms with van der Waals surface area (Å²) in [6.07, 6.45) is -3.83. The third-order valence-electron chi connectivity index (χ3n) is 3.73. The van der Waals surface area contributed by atoms with Crippen LogP contribution >= 0.6 is 11.6 Å². The fourth-order valence-electron chi connectivity index (χ4n) is 2.50. The predicted octanol–water partition coefficient (Wildman–Crippen LogP) is 5.28. The Kier molecular flexibility index (Phi) is 5.95. The highest BCUT2D eigenvalue weighted by molar-refractivity contribution is 6.30. The van der Waals surface area contributed by atoms with E-state index in [9.17, 15) is 18.0 Å². The Hall–Kier alpha value is -2.21. The van der Waals surface area contributed by atoms with E-state index in [0.29, 0.717) is 0 Å². The summed E-state index contributed by atoms with van der Waals surface area (Å²) in [7, 11) is 0. The molecule has 0 heterocycles. The number of rotatable bonds is 5. The molecule has 25 heavy (non-hydrogen) atoms. The van der Waals surface area contributed by atoms with Crippen LogP contribution in [0.1, 0.15) is 23.6 Å². The molecule has 0 spiro atoms. The summed E-state index contributed by atoms with van der Waals surface area (Å²) >= 11 is 5.63. The fraction of sp³-hybridized carbons (Fsp3) is 0.278. The zero-order valence-electron chi connectivity index (χ0n) is 13.8. The molecule has 0 fully saturated rings. The van der Waals surface area contributed by atoms with Gasteiger partial charge in [-0.25, -0.2) is 0 Å². The summed E-state index contributed by atoms with van der Waals surface area (Å²) in [6, 6.07) is 9.00. The molecule has 3 nitrogen and oxygen atoms in total. The maximum absolute atomic E-state index is 13.1. The molecule has 134 valence electrons. The van der Waals surface area contributed by atoms with Gasteiger partial charge in [-0.15, -0.1) is 0 Å². The molecular formula is C18H18ClF3N2O. The molecule has 0 saturated heterocycles. The van der Waals surface area contributed by atoms with Crippen LogP contribution in [0.2, 0.25) is 5.02 Å². The van der Waals surface area contributed by atoms with E-state index in [4.69, 9.17) is 11.6 Å². The first-order valence-electron chi connectivity index (χ1n) is 7.71. The highest BCUT2D eigenvalue weighted by Gasteiger charge is 2.34. The van der Waals surface area contributed by atoms with Crippen molar-refractivity contribution >= 4 is 28.9 Å². The quantitative estimate of drug-likeness (QED) is 0.751. The third kappa shape index (κ3) is 4.89. The number of hydrogen-bond acceptors (Lipinski definition) is 2. The van der Waals surface area contributed by atoms with Crippen LogP contribution in [0.4, 0.5) is 24.5 Å². The number of alkyl halides is 3. The Morgan fingerprint density at radius 3 is 2.56 bits per heavy atom. The second kappa shape index (κ2) is 7.78. The first kappa shape index (κ1) is 19.1. The van der Waals surface area contributed by atoms with Crippen molar-refractivity contribution in [1.82, 2.24) is 0 Å². The van der Waals surface area contributed by atoms with Gasteiger partial charge in [-0.3, -0.25) is 4.79 Å². The molecular weight excluding hydrogens is 353 g/mol. The van der Waals surface area contributed by atoms with Crippen LogP contribution in [0.25, 0.3) is 0 Å². The SMILES string of the molecule is CCc1cccc(C)c1NCC(=O)Nc1ccc(Cl)cc1C(F)(F)F. The van der Waals surface area contributed by atoms with Gasteiger partial charge in [-0.2, -0.15) is 13.2 Å². The van der Waals surface area contributed by atoms with E-state index in [-0.39, 0.29) is 17.3 Å². The summed E-state index contributed by atoms with van der Waals surface area (Å²) in [5.41, 5.74) is 1.54. The third-order valence-corrected chi connectivity index (χ3v) is 3.96. The van der Waals surface area contributed by atoms with E-state index in [1.54, 1.807) is 0 Å². The number of aryl methyl sites for hydroxylation is 2. The van der Waals surface area contributed by atoms with Gasteiger partial charge in [0.25, 0.3) is 0 Å². The molecule has 2 aromatic rings. The highest BCUT2D eigenvalue weighted by atomic mass is 35.5. The molecule has 2 aromatic carbocycles. The van der Waals surface area contributed by atoms with Gasteiger partial charge in [0.1, 0.15) is 0 Å². The molecule has 0 bridgehead atoms. The van der Waals surface area contributed by atoms with E-state index < -0.39 is 17.6 Å². The molecule has 0 aliphatic carbocycles. The number of anilines is 2. The Balaban J connectivity index is 2.12. The summed E-state index contributed by atoms with van der Waals surface area (Å²) in [6.45, 7) is 3.75. The number of para-hydroxylation sites is 1. The second-order valence-corrected chi connectivity index (χ2v) is 5.99. The predicted molar refractivity (Wildman–Crippen MR) is 94.1 cm³/mol. The lowest BCUT2D eigenvalue weighted by Crippen LogP contribution is -2.24. The van der Waals surface area contributed by atoms with Gasteiger partial charge in [0.05, 0.1) is 17.8 Å². The molecule has 0 atom stereocenters. The van der Waals surface area contributed by atoms with E-state index in [1.165, 1.54) is 6.07 Å². The molecule has 2 rings (SSSR count). The van der Waals surface area contributed by atoms with Crippen molar-refractivity contribution in [1.29, 1.82) is 0 Å². The molecule has 0 aromatic heterocycles. The number of hydrogen-bond donors (Lipinski definition) is 2. The number of carbonyl (C=O) groups is 1. The number of halogens is 4. The largest absolute Gasteiger partial charge is 0.418 e. The van der Waals surface area contributed by atoms with Crippen molar-refractivity contribution in [3.63, 3.8) is 0 Å². The fourth-order valence-corrected chi connectivity index (χ4v) is 2.67. The van der Waals surface area contributed by atoms with E-state index >= 15 is 0 Å². The molecule has 1 amide bonds. The van der Waals surface area contributed by atoms with Gasteiger partial charge in [-0.05, 0) is 42.7 Å². The summed E-state index contributed by atoms with van der Waals surface area (Å²) < 4.78 is 39.2. The van der Waals surface area contributed by atoms with E-state index in [2.05, 4.69) is 10.6 Å². The lowest BCUT2D eigenvalue weighted by molar-refractivity contribution is -0.137. The van der Waals surface area contributed by atoms with Crippen molar-refractivity contribution < 1.29 is 18.0 Å². The molecule has 0 aliphatic heterocycles. The standard InChI is InChI=1S/C18H18ClF3N2O/c1-3-12-6-4-5-11(2)17(12)23-10-16(25)24-15-8-7-13(19)9-14(15)18(20,21)22/h4-9,23H,3,10H2,1-2H3,(H,24,25). The molecule has 0 saturated carbocycles. The number of amides is 1. The lowest BCUT2D eigenvalue weighted by atomic mass is 10.1. The molecule has 0 aliphatic rings. The number of nitrogens with one attached hydrogen (secondary N) is 2. The molecule has 7 heteroatoms. The summed E-state index contributed by atoms with van der Waals surface area (Å²) in [5, 5.41) is 5.25. The minimum atomic E-state index is -4.60. The van der Waals surface area contributed by atoms with Gasteiger partial charge >= 0.3 is 6.18 Å². The minimum Gasteiger partial charge on any atom is -0.376 e. The Bertz CT molecular complexity index is 775. The van der Waals surface area contributed by atoms with Crippen LogP contribution in [-0.2, 0) is 17.4 Å².